The summed E-state index contributed by atoms with van der Waals surface area (Å²) in [5.74, 6) is 1.04. The lowest BCUT2D eigenvalue weighted by atomic mass is 9.73. The van der Waals surface area contributed by atoms with Crippen molar-refractivity contribution in [2.75, 3.05) is 20.2 Å². The van der Waals surface area contributed by atoms with Gasteiger partial charge >= 0.3 is 5.97 Å². The summed E-state index contributed by atoms with van der Waals surface area (Å²) in [6, 6.07) is 14.5. The van der Waals surface area contributed by atoms with Crippen LogP contribution in [-0.4, -0.2) is 47.2 Å². The number of halogens is 1. The molecule has 3 aromatic rings. The van der Waals surface area contributed by atoms with Gasteiger partial charge in [0.1, 0.15) is 17.6 Å². The van der Waals surface area contributed by atoms with Crippen molar-refractivity contribution >= 4 is 28.7 Å². The van der Waals surface area contributed by atoms with Crippen LogP contribution in [0.25, 0.3) is 22.2 Å². The van der Waals surface area contributed by atoms with Gasteiger partial charge in [0.15, 0.2) is 0 Å². The molecule has 3 saturated heterocycles. The maximum Gasteiger partial charge on any atom is 0.356 e. The average molecular weight is 479 g/mol. The normalized spacial score (nSPS) is 24.6. The van der Waals surface area contributed by atoms with Crippen molar-refractivity contribution < 1.29 is 18.9 Å². The molecule has 1 N–H and O–H groups in total. The maximum atomic E-state index is 12.3. The largest absolute Gasteiger partial charge is 0.497 e. The highest BCUT2D eigenvalue weighted by Crippen LogP contribution is 2.43. The second-order valence-electron chi connectivity index (χ2n) is 9.08. The summed E-state index contributed by atoms with van der Waals surface area (Å²) >= 11 is 5.38. The van der Waals surface area contributed by atoms with Gasteiger partial charge in [-0.25, -0.2) is 9.78 Å². The van der Waals surface area contributed by atoms with Crippen LogP contribution in [0, 0.1) is 11.8 Å². The third-order valence-electron chi connectivity index (χ3n) is 7.38. The number of methoxy groups -OCH3 is 1. The van der Waals surface area contributed by atoms with Gasteiger partial charge in [0, 0.05) is 23.5 Å². The maximum absolute atomic E-state index is 12.3. The monoisotopic (exact) mass is 478 g/mol. The van der Waals surface area contributed by atoms with Crippen LogP contribution in [0.1, 0.15) is 34.9 Å². The number of fused-ring (bicyclic) bond motifs is 4. The van der Waals surface area contributed by atoms with Crippen LogP contribution in [0.15, 0.2) is 61.2 Å². The van der Waals surface area contributed by atoms with E-state index in [2.05, 4.69) is 21.8 Å². The van der Waals surface area contributed by atoms with Gasteiger partial charge in [0.2, 0.25) is 0 Å². The SMILES string of the molecule is C=C[C@H]1CN2CC[C@H]1C[C@@H]2[C@@H](O)c1cc(-c2ccccc2C(=O)OCl)nc2ccc(OC)cc12. The molecule has 0 amide bonds. The summed E-state index contributed by atoms with van der Waals surface area (Å²) in [7, 11) is 1.62. The molecule has 176 valence electrons. The summed E-state index contributed by atoms with van der Waals surface area (Å²) in [6.45, 7) is 5.90. The Morgan fingerprint density at radius 1 is 1.29 bits per heavy atom. The van der Waals surface area contributed by atoms with Crippen molar-refractivity contribution in [2.45, 2.75) is 25.0 Å². The minimum Gasteiger partial charge on any atom is -0.497 e. The highest BCUT2D eigenvalue weighted by Gasteiger charge is 2.42. The van der Waals surface area contributed by atoms with Crippen LogP contribution in [0.3, 0.4) is 0 Å². The number of hydrogen-bond donors (Lipinski definition) is 1. The van der Waals surface area contributed by atoms with Crippen molar-refractivity contribution in [1.29, 1.82) is 0 Å². The van der Waals surface area contributed by atoms with Crippen LogP contribution in [0.4, 0.5) is 0 Å². The summed E-state index contributed by atoms with van der Waals surface area (Å²) < 4.78 is 9.92. The molecule has 3 aliphatic rings. The number of piperidine rings is 3. The minimum atomic E-state index is -0.725. The predicted molar refractivity (Wildman–Crippen MR) is 132 cm³/mol. The third kappa shape index (κ3) is 3.96. The predicted octanol–water partition coefficient (Wildman–Crippen LogP) is 5.15. The fourth-order valence-electron chi connectivity index (χ4n) is 5.58. The highest BCUT2D eigenvalue weighted by atomic mass is 35.5. The van der Waals surface area contributed by atoms with Crippen molar-refractivity contribution in [2.24, 2.45) is 11.8 Å². The first-order valence-electron chi connectivity index (χ1n) is 11.5. The number of aliphatic hydroxyl groups excluding tert-OH is 1. The molecule has 1 aromatic heterocycles. The molecule has 0 spiro atoms. The molecular weight excluding hydrogens is 452 g/mol. The number of carbonyl (C=O) groups is 1. The zero-order valence-electron chi connectivity index (χ0n) is 19.0. The zero-order chi connectivity index (χ0) is 23.8. The first kappa shape index (κ1) is 22.8. The van der Waals surface area contributed by atoms with Gasteiger partial charge in [-0.2, -0.15) is 0 Å². The number of rotatable bonds is 6. The number of nitrogens with zero attached hydrogens (tertiary/aromatic N) is 2. The average Bonchev–Trinajstić information content (AvgIpc) is 2.91. The van der Waals surface area contributed by atoms with Crippen LogP contribution in [-0.2, 0) is 4.29 Å². The fourth-order valence-corrected chi connectivity index (χ4v) is 5.66. The van der Waals surface area contributed by atoms with E-state index in [1.165, 1.54) is 0 Å². The van der Waals surface area contributed by atoms with E-state index in [4.69, 9.17) is 21.6 Å². The van der Waals surface area contributed by atoms with Gasteiger partial charge in [0.05, 0.1) is 30.0 Å². The second-order valence-corrected chi connectivity index (χ2v) is 9.24. The van der Waals surface area contributed by atoms with Gasteiger partial charge in [-0.3, -0.25) is 4.90 Å². The molecule has 34 heavy (non-hydrogen) atoms. The lowest BCUT2D eigenvalue weighted by Gasteiger charge is -2.50. The van der Waals surface area contributed by atoms with Crippen molar-refractivity contribution in [3.8, 4) is 17.0 Å². The Balaban J connectivity index is 1.64. The summed E-state index contributed by atoms with van der Waals surface area (Å²) in [4.78, 5) is 19.5. The molecule has 6 nitrogen and oxygen atoms in total. The smallest absolute Gasteiger partial charge is 0.356 e. The van der Waals surface area contributed by atoms with E-state index in [0.29, 0.717) is 39.9 Å². The molecule has 0 radical (unpaired) electrons. The summed E-state index contributed by atoms with van der Waals surface area (Å²) in [6.07, 6.45) is 3.37. The van der Waals surface area contributed by atoms with Gasteiger partial charge in [-0.05, 0) is 67.1 Å². The molecule has 3 fully saturated rings. The molecule has 2 aromatic carbocycles. The quantitative estimate of drug-likeness (QED) is 0.494. The van der Waals surface area contributed by atoms with Gasteiger partial charge in [0.25, 0.3) is 0 Å². The van der Waals surface area contributed by atoms with E-state index in [1.54, 1.807) is 25.3 Å². The molecule has 4 heterocycles. The standard InChI is InChI=1S/C27H27ClN2O4/c1-3-16-15-30-11-10-17(16)12-25(30)26(31)22-14-24(19-6-4-5-7-20(19)27(32)34-28)29-23-9-8-18(33-2)13-21(22)23/h3-9,13-14,16-17,25-26,31H,1,10-12,15H2,2H3/t16-,17-,25+,26-/m0/s1. The zero-order valence-corrected chi connectivity index (χ0v) is 19.7. The van der Waals surface area contributed by atoms with Gasteiger partial charge in [-0.1, -0.05) is 24.3 Å². The van der Waals surface area contributed by atoms with E-state index < -0.39 is 12.1 Å². The Kier molecular flexibility index (Phi) is 6.30. The molecule has 2 bridgehead atoms. The van der Waals surface area contributed by atoms with Gasteiger partial charge in [-0.15, -0.1) is 6.58 Å². The number of benzene rings is 2. The molecular formula is C27H27ClN2O4. The number of ether oxygens (including phenoxy) is 1. The Morgan fingerprint density at radius 3 is 2.82 bits per heavy atom. The highest BCUT2D eigenvalue weighted by molar-refractivity contribution is 6.16. The first-order valence-corrected chi connectivity index (χ1v) is 11.8. The number of carbonyl (C=O) groups excluding carboxylic acids is 1. The van der Waals surface area contributed by atoms with E-state index >= 15 is 0 Å². The molecule has 0 saturated carbocycles. The van der Waals surface area contributed by atoms with E-state index in [-0.39, 0.29) is 6.04 Å². The number of pyridine rings is 1. The summed E-state index contributed by atoms with van der Waals surface area (Å²) in [5, 5.41) is 12.6. The lowest BCUT2D eigenvalue weighted by Crippen LogP contribution is -2.54. The minimum absolute atomic E-state index is 0.00246. The molecule has 3 aliphatic heterocycles. The Morgan fingerprint density at radius 2 is 2.12 bits per heavy atom. The Labute approximate surface area is 203 Å². The number of aromatic nitrogens is 1. The second kappa shape index (κ2) is 9.37. The topological polar surface area (TPSA) is 71.9 Å². The van der Waals surface area contributed by atoms with Crippen LogP contribution >= 0.6 is 11.9 Å². The van der Waals surface area contributed by atoms with Crippen molar-refractivity contribution in [1.82, 2.24) is 9.88 Å². The van der Waals surface area contributed by atoms with E-state index in [1.807, 2.05) is 30.3 Å². The third-order valence-corrected chi connectivity index (χ3v) is 7.52. The van der Waals surface area contributed by atoms with E-state index in [9.17, 15) is 9.90 Å². The first-order chi connectivity index (χ1) is 16.5. The summed E-state index contributed by atoms with van der Waals surface area (Å²) in [5.41, 5.74) is 2.95. The van der Waals surface area contributed by atoms with E-state index in [0.717, 1.165) is 36.9 Å². The molecule has 6 rings (SSSR count). The molecule has 0 aliphatic carbocycles. The lowest BCUT2D eigenvalue weighted by molar-refractivity contribution is -0.0444. The molecule has 1 unspecified atom stereocenters. The van der Waals surface area contributed by atoms with Crippen LogP contribution in [0.2, 0.25) is 0 Å². The van der Waals surface area contributed by atoms with Gasteiger partial charge < -0.3 is 14.1 Å². The molecule has 7 heteroatoms. The fraction of sp³-hybridized carbons (Fsp3) is 0.333. The van der Waals surface area contributed by atoms with Crippen LogP contribution in [0.5, 0.6) is 5.75 Å². The number of aliphatic hydroxyl groups is 1. The van der Waals surface area contributed by atoms with Crippen LogP contribution < -0.4 is 4.74 Å². The Bertz CT molecular complexity index is 1250. The van der Waals surface area contributed by atoms with Crippen molar-refractivity contribution in [3.63, 3.8) is 0 Å². The molecule has 5 atom stereocenters. The Hall–Kier alpha value is -2.93. The van der Waals surface area contributed by atoms with Crippen molar-refractivity contribution in [3.05, 3.63) is 72.3 Å². The number of hydrogen-bond acceptors (Lipinski definition) is 6.